The normalized spacial score (nSPS) is 60.8. The van der Waals surface area contributed by atoms with Gasteiger partial charge in [-0.05, 0) is 20.3 Å². The summed E-state index contributed by atoms with van der Waals surface area (Å²) in [4.78, 5) is 0. The lowest BCUT2D eigenvalue weighted by molar-refractivity contribution is 0.326. The van der Waals surface area contributed by atoms with Gasteiger partial charge in [0.25, 0.3) is 0 Å². The van der Waals surface area contributed by atoms with E-state index < -0.39 is 0 Å². The highest BCUT2D eigenvalue weighted by Gasteiger charge is 2.45. The summed E-state index contributed by atoms with van der Waals surface area (Å²) < 4.78 is 0. The van der Waals surface area contributed by atoms with Crippen molar-refractivity contribution in [3.05, 3.63) is 0 Å². The summed E-state index contributed by atoms with van der Waals surface area (Å²) in [5.74, 6) is 0. The molecule has 0 aliphatic carbocycles. The van der Waals surface area contributed by atoms with Gasteiger partial charge in [0.1, 0.15) is 0 Å². The van der Waals surface area contributed by atoms with Gasteiger partial charge in [-0.15, -0.1) is 0 Å². The second-order valence-electron chi connectivity index (χ2n) is 2.95. The van der Waals surface area contributed by atoms with Gasteiger partial charge in [-0.25, -0.2) is 10.0 Å². The molecule has 2 heteroatoms. The van der Waals surface area contributed by atoms with E-state index in [4.69, 9.17) is 0 Å². The van der Waals surface area contributed by atoms with Crippen LogP contribution in [0.2, 0.25) is 0 Å². The molecule has 2 aliphatic heterocycles. The van der Waals surface area contributed by atoms with E-state index in [1.807, 2.05) is 0 Å². The summed E-state index contributed by atoms with van der Waals surface area (Å²) in [6.07, 6.45) is 1.36. The Kier molecular flexibility index (Phi) is 0.746. The van der Waals surface area contributed by atoms with E-state index in [1.54, 1.807) is 0 Å². The first-order valence-electron chi connectivity index (χ1n) is 3.32. The van der Waals surface area contributed by atoms with Crippen LogP contribution in [0.4, 0.5) is 0 Å². The van der Waals surface area contributed by atoms with Gasteiger partial charge in [0, 0.05) is 12.1 Å². The molecule has 0 aromatic heterocycles. The molecule has 8 heavy (non-hydrogen) atoms. The first kappa shape index (κ1) is 4.77. The predicted molar refractivity (Wildman–Crippen MR) is 32.1 cm³/mol. The topological polar surface area (TPSA) is 6.02 Å². The molecule has 0 amide bonds. The van der Waals surface area contributed by atoms with Crippen LogP contribution in [0.15, 0.2) is 0 Å². The van der Waals surface area contributed by atoms with E-state index in [1.165, 1.54) is 13.1 Å². The van der Waals surface area contributed by atoms with Crippen LogP contribution in [0.25, 0.3) is 0 Å². The molecule has 2 nitrogen and oxygen atoms in total. The fourth-order valence-electron chi connectivity index (χ4n) is 1.64. The molecule has 2 rings (SSSR count). The van der Waals surface area contributed by atoms with Crippen molar-refractivity contribution >= 4 is 0 Å². The number of hydrogen-bond donors (Lipinski definition) is 0. The van der Waals surface area contributed by atoms with E-state index in [2.05, 4.69) is 23.9 Å². The standard InChI is InChI=1S/C6H12N2/c1-5-3-6(2)8-4-7(5)8/h5-6H,3-4H2,1-2H3/t5-,6-,7?,8?/m0/s1. The highest BCUT2D eigenvalue weighted by atomic mass is 15.9. The number of nitrogens with zero attached hydrogens (tertiary/aromatic N) is 2. The van der Waals surface area contributed by atoms with Crippen molar-refractivity contribution < 1.29 is 0 Å². The van der Waals surface area contributed by atoms with Gasteiger partial charge in [0.2, 0.25) is 0 Å². The third kappa shape index (κ3) is 0.446. The second-order valence-corrected chi connectivity index (χ2v) is 2.95. The smallest absolute Gasteiger partial charge is 0.0793 e. The minimum Gasteiger partial charge on any atom is -0.222 e. The van der Waals surface area contributed by atoms with E-state index >= 15 is 0 Å². The molecule has 4 atom stereocenters. The molecule has 2 aliphatic rings. The summed E-state index contributed by atoms with van der Waals surface area (Å²) >= 11 is 0. The minimum atomic E-state index is 0.824. The van der Waals surface area contributed by atoms with Gasteiger partial charge >= 0.3 is 0 Å². The number of hydrogen-bond acceptors (Lipinski definition) is 2. The van der Waals surface area contributed by atoms with Gasteiger partial charge in [0.15, 0.2) is 0 Å². The molecule has 0 N–H and O–H groups in total. The Morgan fingerprint density at radius 3 is 1.75 bits per heavy atom. The molecule has 0 spiro atoms. The molecular formula is C6H12N2. The zero-order chi connectivity index (χ0) is 5.72. The van der Waals surface area contributed by atoms with E-state index in [-0.39, 0.29) is 0 Å². The Hall–Kier alpha value is -0.0800. The average Bonchev–Trinajstić information content (AvgIpc) is 2.35. The summed E-state index contributed by atoms with van der Waals surface area (Å²) in [5, 5.41) is 4.84. The first-order valence-corrected chi connectivity index (χ1v) is 3.32. The molecule has 2 unspecified atom stereocenters. The SMILES string of the molecule is C[C@H]1C[C@H](C)N2CN12. The number of fused-ring (bicyclic) bond motifs is 1. The summed E-state index contributed by atoms with van der Waals surface area (Å²) in [6.45, 7) is 5.81. The summed E-state index contributed by atoms with van der Waals surface area (Å²) in [5.41, 5.74) is 0. The lowest BCUT2D eigenvalue weighted by atomic mass is 10.1. The van der Waals surface area contributed by atoms with Crippen molar-refractivity contribution in [2.75, 3.05) is 6.67 Å². The molecule has 0 radical (unpaired) electrons. The van der Waals surface area contributed by atoms with Crippen molar-refractivity contribution in [2.24, 2.45) is 0 Å². The van der Waals surface area contributed by atoms with Crippen LogP contribution in [0, 0.1) is 0 Å². The van der Waals surface area contributed by atoms with E-state index in [0.717, 1.165) is 12.1 Å². The highest BCUT2D eigenvalue weighted by molar-refractivity contribution is 4.89. The van der Waals surface area contributed by atoms with Crippen molar-refractivity contribution in [3.63, 3.8) is 0 Å². The van der Waals surface area contributed by atoms with Gasteiger partial charge in [-0.2, -0.15) is 0 Å². The zero-order valence-electron chi connectivity index (χ0n) is 5.46. The number of rotatable bonds is 0. The fourth-order valence-corrected chi connectivity index (χ4v) is 1.64. The van der Waals surface area contributed by atoms with Gasteiger partial charge in [-0.1, -0.05) is 0 Å². The Morgan fingerprint density at radius 1 is 1.12 bits per heavy atom. The van der Waals surface area contributed by atoms with Crippen LogP contribution >= 0.6 is 0 Å². The largest absolute Gasteiger partial charge is 0.222 e. The maximum Gasteiger partial charge on any atom is 0.0793 e. The maximum atomic E-state index is 2.42. The maximum absolute atomic E-state index is 2.42. The van der Waals surface area contributed by atoms with Gasteiger partial charge in [-0.3, -0.25) is 0 Å². The molecular weight excluding hydrogens is 100 g/mol. The molecule has 0 aromatic rings. The van der Waals surface area contributed by atoms with Crippen molar-refractivity contribution in [1.82, 2.24) is 10.0 Å². The van der Waals surface area contributed by atoms with Crippen LogP contribution in [0.5, 0.6) is 0 Å². The number of hydrazine groups is 1. The van der Waals surface area contributed by atoms with Crippen LogP contribution in [-0.2, 0) is 0 Å². The Labute approximate surface area is 50.0 Å². The van der Waals surface area contributed by atoms with E-state index in [9.17, 15) is 0 Å². The van der Waals surface area contributed by atoms with Crippen LogP contribution in [0.3, 0.4) is 0 Å². The fraction of sp³-hybridized carbons (Fsp3) is 1.00. The van der Waals surface area contributed by atoms with Crippen molar-refractivity contribution in [3.8, 4) is 0 Å². The third-order valence-electron chi connectivity index (χ3n) is 2.23. The Balaban J connectivity index is 2.09. The van der Waals surface area contributed by atoms with Crippen LogP contribution in [-0.4, -0.2) is 28.8 Å². The van der Waals surface area contributed by atoms with Crippen molar-refractivity contribution in [1.29, 1.82) is 0 Å². The molecule has 2 fully saturated rings. The third-order valence-corrected chi connectivity index (χ3v) is 2.23. The Bertz CT molecular complexity index is 97.1. The Morgan fingerprint density at radius 2 is 1.62 bits per heavy atom. The summed E-state index contributed by atoms with van der Waals surface area (Å²) in [6, 6.07) is 1.65. The molecule has 0 saturated carbocycles. The summed E-state index contributed by atoms with van der Waals surface area (Å²) in [7, 11) is 0. The molecule has 2 heterocycles. The van der Waals surface area contributed by atoms with Crippen molar-refractivity contribution in [2.45, 2.75) is 32.4 Å². The van der Waals surface area contributed by atoms with Gasteiger partial charge < -0.3 is 0 Å². The second kappa shape index (κ2) is 1.25. The molecule has 0 bridgehead atoms. The first-order chi connectivity index (χ1) is 3.79. The molecule has 2 saturated heterocycles. The predicted octanol–water partition coefficient (Wildman–Crippen LogP) is 0.657. The lowest BCUT2D eigenvalue weighted by Crippen LogP contribution is -2.11. The lowest BCUT2D eigenvalue weighted by Gasteiger charge is -2.02. The zero-order valence-corrected chi connectivity index (χ0v) is 5.46. The quantitative estimate of drug-likeness (QED) is 0.424. The van der Waals surface area contributed by atoms with Crippen LogP contribution in [0.1, 0.15) is 20.3 Å². The highest BCUT2D eigenvalue weighted by Crippen LogP contribution is 2.33. The monoisotopic (exact) mass is 112 g/mol. The molecule has 0 aromatic carbocycles. The van der Waals surface area contributed by atoms with Gasteiger partial charge in [0.05, 0.1) is 6.67 Å². The van der Waals surface area contributed by atoms with E-state index in [0.29, 0.717) is 0 Å². The minimum absolute atomic E-state index is 0.824. The van der Waals surface area contributed by atoms with Crippen LogP contribution < -0.4 is 0 Å². The average molecular weight is 112 g/mol. The molecule has 46 valence electrons.